The molecule has 0 bridgehead atoms. The molecule has 0 fully saturated rings. The molecule has 45 heavy (non-hydrogen) atoms. The summed E-state index contributed by atoms with van der Waals surface area (Å²) < 4.78 is 81.1. The summed E-state index contributed by atoms with van der Waals surface area (Å²) in [5.74, 6) is 0.687. The minimum atomic E-state index is -4.39. The molecule has 4 aromatic carbocycles. The first-order valence-corrected chi connectivity index (χ1v) is 17.9. The molecule has 0 radical (unpaired) electrons. The van der Waals surface area contributed by atoms with Gasteiger partial charge in [-0.1, -0.05) is 67.6 Å². The number of hydrogen-bond donors (Lipinski definition) is 0. The number of aryl methyl sites for hydroxylation is 1. The van der Waals surface area contributed by atoms with Crippen molar-refractivity contribution < 1.29 is 35.1 Å². The van der Waals surface area contributed by atoms with Gasteiger partial charge in [0, 0.05) is 40.5 Å². The zero-order valence-corrected chi connectivity index (χ0v) is 26.2. The van der Waals surface area contributed by atoms with Crippen LogP contribution in [0.4, 0.5) is 5.69 Å². The number of nitrogens with zero attached hydrogens (tertiary/aromatic N) is 1. The third-order valence-corrected chi connectivity index (χ3v) is 9.53. The average molecular weight is 646 g/mol. The number of fused-ring (bicyclic) bond motifs is 6. The molecule has 234 valence electrons. The number of allylic oxidation sites excluding steroid dienone is 2. The van der Waals surface area contributed by atoms with E-state index < -0.39 is 31.7 Å². The van der Waals surface area contributed by atoms with Crippen molar-refractivity contribution in [1.82, 2.24) is 0 Å². The summed E-state index contributed by atoms with van der Waals surface area (Å²) in [4.78, 5) is 1.90. The Bertz CT molecular complexity index is 2200. The van der Waals surface area contributed by atoms with Gasteiger partial charge >= 0.3 is 0 Å². The predicted octanol–water partition coefficient (Wildman–Crippen LogP) is 6.69. The number of anilines is 1. The molecule has 1 aromatic heterocycles. The van der Waals surface area contributed by atoms with Crippen LogP contribution in [0, 0.1) is 0 Å². The van der Waals surface area contributed by atoms with Gasteiger partial charge in [-0.2, -0.15) is 0 Å². The van der Waals surface area contributed by atoms with Gasteiger partial charge in [-0.3, -0.25) is 0 Å². The maximum Gasteiger partial charge on any atom is 0.200 e. The van der Waals surface area contributed by atoms with Crippen LogP contribution < -0.4 is 9.64 Å². The maximum absolute atomic E-state index is 11.4. The van der Waals surface area contributed by atoms with Crippen LogP contribution in [0.3, 0.4) is 0 Å². The van der Waals surface area contributed by atoms with Crippen molar-refractivity contribution in [3.05, 3.63) is 102 Å². The Morgan fingerprint density at radius 1 is 0.822 bits per heavy atom. The summed E-state index contributed by atoms with van der Waals surface area (Å²) in [6, 6.07) is 23.4. The lowest BCUT2D eigenvalue weighted by molar-refractivity contribution is 0.435. The van der Waals surface area contributed by atoms with E-state index in [1.807, 2.05) is 96.8 Å². The monoisotopic (exact) mass is 645 g/mol. The Morgan fingerprint density at radius 3 is 2.18 bits per heavy atom. The maximum atomic E-state index is 11.4. The van der Waals surface area contributed by atoms with E-state index in [9.17, 15) is 25.9 Å². The van der Waals surface area contributed by atoms with Crippen molar-refractivity contribution in [2.75, 3.05) is 23.0 Å². The Hall–Kier alpha value is -4.16. The first-order chi connectivity index (χ1) is 21.5. The van der Waals surface area contributed by atoms with Crippen LogP contribution >= 0.6 is 0 Å². The molecule has 0 saturated carbocycles. The topological polar surface area (TPSA) is 140 Å². The van der Waals surface area contributed by atoms with Crippen molar-refractivity contribution in [3.63, 3.8) is 0 Å². The van der Waals surface area contributed by atoms with Gasteiger partial charge in [0.25, 0.3) is 0 Å². The molecule has 1 aliphatic heterocycles. The number of benzene rings is 4. The fourth-order valence-corrected chi connectivity index (χ4v) is 6.90. The van der Waals surface area contributed by atoms with Crippen LogP contribution in [0.5, 0.6) is 5.75 Å². The van der Waals surface area contributed by atoms with Crippen molar-refractivity contribution in [3.8, 4) is 5.75 Å². The predicted molar refractivity (Wildman–Crippen MR) is 174 cm³/mol. The number of ether oxygens (including phenoxy) is 1. The van der Waals surface area contributed by atoms with Crippen LogP contribution in [0.25, 0.3) is 38.6 Å². The highest BCUT2D eigenvalue weighted by atomic mass is 32.2. The molecule has 0 unspecified atom stereocenters. The first-order valence-electron chi connectivity index (χ1n) is 14.7. The second-order valence-corrected chi connectivity index (χ2v) is 14.1. The molecule has 0 amide bonds. The molecular formula is C34H31NO8S2-2. The minimum absolute atomic E-state index is 0.115. The highest BCUT2D eigenvalue weighted by molar-refractivity contribution is 7.85. The van der Waals surface area contributed by atoms with E-state index >= 15 is 0 Å². The third kappa shape index (κ3) is 6.76. The molecule has 2 heterocycles. The zero-order valence-electron chi connectivity index (χ0n) is 24.6. The summed E-state index contributed by atoms with van der Waals surface area (Å²) in [7, 11) is -8.77. The molecule has 11 heteroatoms. The molecule has 0 N–H and O–H groups in total. The Labute approximate surface area is 261 Å². The summed E-state index contributed by atoms with van der Waals surface area (Å²) in [5.41, 5.74) is 3.10. The number of furan rings is 1. The SMILES string of the molecule is CCC(/C=C1\Oc2ccc3ccccc3c2N1CCCS(=O)(=O)[O-])=C\c1oc2ccc3ccccc3c2c1CCCS(=O)(=O)[O-]. The van der Waals surface area contributed by atoms with Crippen LogP contribution in [-0.2, 0) is 26.7 Å². The van der Waals surface area contributed by atoms with Gasteiger partial charge < -0.3 is 23.2 Å². The molecule has 0 atom stereocenters. The molecule has 1 aliphatic rings. The Balaban J connectivity index is 1.44. The fraction of sp³-hybridized carbons (Fsp3) is 0.235. The van der Waals surface area contributed by atoms with Gasteiger partial charge in [0.15, 0.2) is 5.75 Å². The summed E-state index contributed by atoms with van der Waals surface area (Å²) in [5, 5.41) is 4.79. The fourth-order valence-electron chi connectivity index (χ4n) is 5.92. The Morgan fingerprint density at radius 2 is 1.47 bits per heavy atom. The van der Waals surface area contributed by atoms with Crippen molar-refractivity contribution in [2.45, 2.75) is 32.6 Å². The zero-order chi connectivity index (χ0) is 31.8. The van der Waals surface area contributed by atoms with Gasteiger partial charge in [0.05, 0.1) is 25.9 Å². The molecule has 0 saturated heterocycles. The summed E-state index contributed by atoms with van der Waals surface area (Å²) in [6.45, 7) is 2.23. The second-order valence-electron chi connectivity index (χ2n) is 11.0. The van der Waals surface area contributed by atoms with E-state index in [0.29, 0.717) is 35.8 Å². The standard InChI is InChI=1S/C34H33NO8S2/c1-2-23(21-31-28(13-7-19-44(36,37)38)33-26-11-5-3-9-24(26)14-16-29(33)42-31)22-32-35(18-8-20-45(39,40)41)34-27-12-6-4-10-25(27)15-17-30(34)43-32/h3-6,9-12,14-17,21-22H,2,7-8,13,18-20H2,1H3,(H,36,37,38)(H,39,40,41)/p-2/b23-21+,32-22-. The second kappa shape index (κ2) is 12.3. The summed E-state index contributed by atoms with van der Waals surface area (Å²) in [6.07, 6.45) is 4.94. The largest absolute Gasteiger partial charge is 0.748 e. The normalized spacial score (nSPS) is 15.0. The lowest BCUT2D eigenvalue weighted by Crippen LogP contribution is -2.24. The van der Waals surface area contributed by atoms with E-state index in [1.54, 1.807) is 0 Å². The van der Waals surface area contributed by atoms with E-state index in [1.165, 1.54) is 0 Å². The lowest BCUT2D eigenvalue weighted by Gasteiger charge is -2.20. The van der Waals surface area contributed by atoms with Crippen LogP contribution in [0.15, 0.2) is 94.7 Å². The van der Waals surface area contributed by atoms with Gasteiger partial charge in [0.1, 0.15) is 11.3 Å². The average Bonchev–Trinajstić information content (AvgIpc) is 3.53. The van der Waals surface area contributed by atoms with Gasteiger partial charge in [0.2, 0.25) is 5.88 Å². The minimum Gasteiger partial charge on any atom is -0.748 e. The molecule has 0 spiro atoms. The van der Waals surface area contributed by atoms with E-state index in [-0.39, 0.29) is 19.4 Å². The van der Waals surface area contributed by atoms with Gasteiger partial charge in [-0.15, -0.1) is 0 Å². The highest BCUT2D eigenvalue weighted by Crippen LogP contribution is 2.45. The highest BCUT2D eigenvalue weighted by Gasteiger charge is 2.28. The van der Waals surface area contributed by atoms with Crippen LogP contribution in [0.1, 0.15) is 37.5 Å². The molecule has 0 aliphatic carbocycles. The van der Waals surface area contributed by atoms with E-state index in [0.717, 1.165) is 43.8 Å². The van der Waals surface area contributed by atoms with Crippen molar-refractivity contribution in [2.24, 2.45) is 0 Å². The number of rotatable bonds is 11. The van der Waals surface area contributed by atoms with Crippen LogP contribution in [0.2, 0.25) is 0 Å². The Kier molecular flexibility index (Phi) is 8.45. The summed E-state index contributed by atoms with van der Waals surface area (Å²) >= 11 is 0. The quantitative estimate of drug-likeness (QED) is 0.144. The smallest absolute Gasteiger partial charge is 0.200 e. The van der Waals surface area contributed by atoms with Crippen molar-refractivity contribution >= 4 is 64.5 Å². The van der Waals surface area contributed by atoms with Gasteiger partial charge in [-0.05, 0) is 65.6 Å². The molecule has 9 nitrogen and oxygen atoms in total. The van der Waals surface area contributed by atoms with Crippen molar-refractivity contribution in [1.29, 1.82) is 0 Å². The molecule has 5 aromatic rings. The van der Waals surface area contributed by atoms with Crippen LogP contribution in [-0.4, -0.2) is 44.0 Å². The number of hydrogen-bond acceptors (Lipinski definition) is 9. The molecule has 6 rings (SSSR count). The first kappa shape index (κ1) is 30.8. The van der Waals surface area contributed by atoms with Gasteiger partial charge in [-0.25, -0.2) is 16.8 Å². The molecular weight excluding hydrogens is 615 g/mol. The van der Waals surface area contributed by atoms with E-state index in [4.69, 9.17) is 9.15 Å². The van der Waals surface area contributed by atoms with E-state index in [2.05, 4.69) is 0 Å². The lowest BCUT2D eigenvalue weighted by atomic mass is 9.99. The third-order valence-electron chi connectivity index (χ3n) is 7.95.